The number of rotatable bonds is 5. The highest BCUT2D eigenvalue weighted by Crippen LogP contribution is 2.13. The first-order valence-corrected chi connectivity index (χ1v) is 5.84. The predicted octanol–water partition coefficient (Wildman–Crippen LogP) is 3.02. The summed E-state index contributed by atoms with van der Waals surface area (Å²) in [5.41, 5.74) is -0.463. The molecule has 0 heterocycles. The highest BCUT2D eigenvalue weighted by atomic mass is 16.6. The average Bonchev–Trinajstić information content (AvgIpc) is 2.15. The maximum atomic E-state index is 11.9. The molecule has 0 saturated heterocycles. The summed E-state index contributed by atoms with van der Waals surface area (Å²) in [5.74, 6) is 0. The van der Waals surface area contributed by atoms with Gasteiger partial charge in [0, 0.05) is 13.7 Å². The van der Waals surface area contributed by atoms with Gasteiger partial charge in [0.15, 0.2) is 0 Å². The molecule has 4 nitrogen and oxygen atoms in total. The van der Waals surface area contributed by atoms with Gasteiger partial charge in [0.25, 0.3) is 0 Å². The zero-order valence-electron chi connectivity index (χ0n) is 11.4. The first-order valence-electron chi connectivity index (χ1n) is 5.84. The summed E-state index contributed by atoms with van der Waals surface area (Å²) < 4.78 is 10.5. The Labute approximate surface area is 98.9 Å². The molecule has 0 aliphatic carbocycles. The quantitative estimate of drug-likeness (QED) is 0.683. The zero-order valence-corrected chi connectivity index (χ0v) is 11.4. The number of carbonyl (C=O) groups is 1. The van der Waals surface area contributed by atoms with Crippen molar-refractivity contribution in [1.82, 2.24) is 4.90 Å². The van der Waals surface area contributed by atoms with E-state index in [0.717, 1.165) is 12.8 Å². The van der Waals surface area contributed by atoms with Gasteiger partial charge >= 0.3 is 6.09 Å². The molecule has 0 rings (SSSR count). The maximum absolute atomic E-state index is 11.9. The van der Waals surface area contributed by atoms with Crippen molar-refractivity contribution in [2.45, 2.75) is 59.3 Å². The third-order valence-corrected chi connectivity index (χ3v) is 2.16. The van der Waals surface area contributed by atoms with Gasteiger partial charge in [-0.25, -0.2) is 4.79 Å². The molecule has 1 amide bonds. The van der Waals surface area contributed by atoms with Crippen LogP contribution in [0.3, 0.4) is 0 Å². The van der Waals surface area contributed by atoms with Crippen molar-refractivity contribution in [3.8, 4) is 0 Å². The van der Waals surface area contributed by atoms with Crippen LogP contribution in [0, 0.1) is 0 Å². The molecule has 0 aliphatic rings. The number of ether oxygens (including phenoxy) is 2. The second-order valence-electron chi connectivity index (χ2n) is 4.86. The Morgan fingerprint density at radius 1 is 1.38 bits per heavy atom. The minimum atomic E-state index is -0.463. The fourth-order valence-corrected chi connectivity index (χ4v) is 1.20. The Morgan fingerprint density at radius 2 is 1.94 bits per heavy atom. The van der Waals surface area contributed by atoms with E-state index in [1.807, 2.05) is 27.7 Å². The van der Waals surface area contributed by atoms with E-state index in [9.17, 15) is 4.79 Å². The molecule has 0 spiro atoms. The Hall–Kier alpha value is -0.770. The van der Waals surface area contributed by atoms with E-state index in [1.54, 1.807) is 12.0 Å². The molecule has 0 aromatic heterocycles. The molecule has 96 valence electrons. The fourth-order valence-electron chi connectivity index (χ4n) is 1.20. The fraction of sp³-hybridized carbons (Fsp3) is 0.917. The first-order chi connectivity index (χ1) is 7.31. The van der Waals surface area contributed by atoms with Crippen LogP contribution in [0.4, 0.5) is 4.79 Å². The molecule has 0 aromatic rings. The molecule has 1 unspecified atom stereocenters. The number of unbranched alkanes of at least 4 members (excludes halogenated alkanes) is 1. The molecular formula is C12H25NO3. The van der Waals surface area contributed by atoms with Crippen LogP contribution in [-0.2, 0) is 9.47 Å². The average molecular weight is 231 g/mol. The van der Waals surface area contributed by atoms with Crippen LogP contribution in [0.25, 0.3) is 0 Å². The van der Waals surface area contributed by atoms with Gasteiger partial charge in [-0.15, -0.1) is 0 Å². The van der Waals surface area contributed by atoms with Gasteiger partial charge in [-0.3, -0.25) is 4.90 Å². The van der Waals surface area contributed by atoms with Crippen LogP contribution in [0.5, 0.6) is 0 Å². The number of hydrogen-bond acceptors (Lipinski definition) is 3. The van der Waals surface area contributed by atoms with Crippen molar-refractivity contribution in [3.05, 3.63) is 0 Å². The zero-order chi connectivity index (χ0) is 12.8. The van der Waals surface area contributed by atoms with Gasteiger partial charge in [0.1, 0.15) is 11.8 Å². The van der Waals surface area contributed by atoms with Crippen LogP contribution in [0.1, 0.15) is 47.5 Å². The summed E-state index contributed by atoms with van der Waals surface area (Å²) in [6.45, 7) is 10.2. The molecule has 1 atom stereocenters. The highest BCUT2D eigenvalue weighted by Gasteiger charge is 2.25. The largest absolute Gasteiger partial charge is 0.444 e. The Balaban J connectivity index is 4.43. The number of hydrogen-bond donors (Lipinski definition) is 0. The molecule has 0 N–H and O–H groups in total. The lowest BCUT2D eigenvalue weighted by molar-refractivity contribution is -0.0413. The molecule has 0 bridgehead atoms. The summed E-state index contributed by atoms with van der Waals surface area (Å²) in [6, 6.07) is 0. The van der Waals surface area contributed by atoms with Crippen LogP contribution in [0.2, 0.25) is 0 Å². The summed E-state index contributed by atoms with van der Waals surface area (Å²) in [5, 5.41) is 0. The smallest absolute Gasteiger partial charge is 0.412 e. The first kappa shape index (κ1) is 15.2. The van der Waals surface area contributed by atoms with Crippen LogP contribution < -0.4 is 0 Å². The summed E-state index contributed by atoms with van der Waals surface area (Å²) in [4.78, 5) is 13.5. The van der Waals surface area contributed by atoms with E-state index in [4.69, 9.17) is 9.47 Å². The van der Waals surface area contributed by atoms with Crippen molar-refractivity contribution >= 4 is 6.09 Å². The molecule has 0 radical (unpaired) electrons. The topological polar surface area (TPSA) is 38.8 Å². The highest BCUT2D eigenvalue weighted by molar-refractivity contribution is 5.68. The number of amides is 1. The number of methoxy groups -OCH3 is 1. The monoisotopic (exact) mass is 231 g/mol. The van der Waals surface area contributed by atoms with Gasteiger partial charge in [-0.2, -0.15) is 0 Å². The molecule has 0 aliphatic heterocycles. The predicted molar refractivity (Wildman–Crippen MR) is 64.3 cm³/mol. The van der Waals surface area contributed by atoms with Crippen molar-refractivity contribution < 1.29 is 14.3 Å². The van der Waals surface area contributed by atoms with E-state index in [2.05, 4.69) is 6.92 Å². The van der Waals surface area contributed by atoms with E-state index in [0.29, 0.717) is 6.54 Å². The molecule has 0 aromatic carbocycles. The van der Waals surface area contributed by atoms with Gasteiger partial charge < -0.3 is 9.47 Å². The normalized spacial score (nSPS) is 13.4. The summed E-state index contributed by atoms with van der Waals surface area (Å²) in [6.07, 6.45) is 1.43. The molecule has 4 heteroatoms. The minimum absolute atomic E-state index is 0.249. The maximum Gasteiger partial charge on any atom is 0.412 e. The van der Waals surface area contributed by atoms with E-state index >= 15 is 0 Å². The van der Waals surface area contributed by atoms with Crippen molar-refractivity contribution in [1.29, 1.82) is 0 Å². The second kappa shape index (κ2) is 6.74. The SMILES string of the molecule is CCCCN(C(=O)OC(C)(C)C)C(C)OC. The second-order valence-corrected chi connectivity index (χ2v) is 4.86. The lowest BCUT2D eigenvalue weighted by Gasteiger charge is -2.30. The molecule has 16 heavy (non-hydrogen) atoms. The van der Waals surface area contributed by atoms with Crippen LogP contribution >= 0.6 is 0 Å². The third-order valence-electron chi connectivity index (χ3n) is 2.16. The third kappa shape index (κ3) is 5.95. The van der Waals surface area contributed by atoms with Crippen molar-refractivity contribution in [2.24, 2.45) is 0 Å². The van der Waals surface area contributed by atoms with Crippen molar-refractivity contribution in [3.63, 3.8) is 0 Å². The van der Waals surface area contributed by atoms with Crippen LogP contribution in [-0.4, -0.2) is 36.5 Å². The number of nitrogens with zero attached hydrogens (tertiary/aromatic N) is 1. The van der Waals surface area contributed by atoms with Crippen LogP contribution in [0.15, 0.2) is 0 Å². The van der Waals surface area contributed by atoms with Crippen molar-refractivity contribution in [2.75, 3.05) is 13.7 Å². The van der Waals surface area contributed by atoms with Gasteiger partial charge in [0.2, 0.25) is 0 Å². The van der Waals surface area contributed by atoms with Gasteiger partial charge in [-0.1, -0.05) is 13.3 Å². The lowest BCUT2D eigenvalue weighted by Crippen LogP contribution is -2.43. The Bertz CT molecular complexity index is 211. The Kier molecular flexibility index (Phi) is 6.41. The van der Waals surface area contributed by atoms with E-state index in [-0.39, 0.29) is 12.3 Å². The minimum Gasteiger partial charge on any atom is -0.444 e. The summed E-state index contributed by atoms with van der Waals surface area (Å²) >= 11 is 0. The lowest BCUT2D eigenvalue weighted by atomic mass is 10.2. The van der Waals surface area contributed by atoms with Gasteiger partial charge in [-0.05, 0) is 34.1 Å². The number of carbonyl (C=O) groups excluding carboxylic acids is 1. The summed E-state index contributed by atoms with van der Waals surface area (Å²) in [7, 11) is 1.59. The Morgan fingerprint density at radius 3 is 2.31 bits per heavy atom. The van der Waals surface area contributed by atoms with E-state index < -0.39 is 5.60 Å². The molecule has 0 fully saturated rings. The van der Waals surface area contributed by atoms with E-state index in [1.165, 1.54) is 0 Å². The molecular weight excluding hydrogens is 206 g/mol. The standard InChI is InChI=1S/C12H25NO3/c1-7-8-9-13(10(2)15-6)11(14)16-12(3,4)5/h10H,7-9H2,1-6H3. The van der Waals surface area contributed by atoms with Gasteiger partial charge in [0.05, 0.1) is 0 Å². The molecule has 0 saturated carbocycles.